The molecular formula is C11H20O4Sn. The van der Waals surface area contributed by atoms with Gasteiger partial charge < -0.3 is 19.8 Å². The number of rotatable bonds is 8. The summed E-state index contributed by atoms with van der Waals surface area (Å²) in [4.78, 5) is 18.6. The van der Waals surface area contributed by atoms with Crippen LogP contribution < -0.4 is 10.2 Å². The first-order valence-corrected chi connectivity index (χ1v) is 9.68. The van der Waals surface area contributed by atoms with E-state index in [4.69, 9.17) is 0 Å². The molecule has 0 aliphatic carbocycles. The number of carboxylic acids is 2. The van der Waals surface area contributed by atoms with Gasteiger partial charge in [0.25, 0.3) is 0 Å². The Morgan fingerprint density at radius 1 is 0.938 bits per heavy atom. The second-order valence-electron chi connectivity index (χ2n) is 3.38. The van der Waals surface area contributed by atoms with Crippen LogP contribution in [0.1, 0.15) is 46.0 Å². The van der Waals surface area contributed by atoms with E-state index in [9.17, 15) is 19.8 Å². The molecule has 5 heteroatoms. The predicted molar refractivity (Wildman–Crippen MR) is 59.8 cm³/mol. The van der Waals surface area contributed by atoms with Crippen LogP contribution in [-0.2, 0) is 9.59 Å². The molecule has 0 radical (unpaired) electrons. The van der Waals surface area contributed by atoms with Crippen LogP contribution in [0, 0.1) is 0 Å². The van der Waals surface area contributed by atoms with Crippen molar-refractivity contribution in [3.63, 3.8) is 0 Å². The molecule has 0 aromatic carbocycles. The van der Waals surface area contributed by atoms with Crippen molar-refractivity contribution in [1.29, 1.82) is 0 Å². The summed E-state index contributed by atoms with van der Waals surface area (Å²) in [7, 11) is 0. The number of carbonyl (C=O) groups is 2. The van der Waals surface area contributed by atoms with Gasteiger partial charge in [-0.3, -0.25) is 0 Å². The van der Waals surface area contributed by atoms with E-state index in [1.807, 2.05) is 0 Å². The third kappa shape index (κ3) is 23.5. The molecule has 0 aromatic rings. The fourth-order valence-corrected chi connectivity index (χ4v) is 5.01. The first-order valence-electron chi connectivity index (χ1n) is 5.64. The minimum absolute atomic E-state index is 0.149. The summed E-state index contributed by atoms with van der Waals surface area (Å²) in [6.07, 6.45) is 4.81. The number of hydrogen-bond donors (Lipinski definition) is 0. The van der Waals surface area contributed by atoms with E-state index in [2.05, 4.69) is 13.8 Å². The fraction of sp³-hybridized carbons (Fsp3) is 0.818. The zero-order valence-electron chi connectivity index (χ0n) is 10.1. The maximum Gasteiger partial charge on any atom is 0.0470 e. The van der Waals surface area contributed by atoms with Gasteiger partial charge >= 0.3 is 69.5 Å². The molecule has 0 fully saturated rings. The topological polar surface area (TPSA) is 80.3 Å². The molecule has 0 aliphatic heterocycles. The van der Waals surface area contributed by atoms with Crippen molar-refractivity contribution < 1.29 is 19.8 Å². The van der Waals surface area contributed by atoms with Crippen LogP contribution in [0.25, 0.3) is 0 Å². The van der Waals surface area contributed by atoms with Gasteiger partial charge in [0.05, 0.1) is 0 Å². The SMILES string of the molecule is CCC[CH2][Sn+2][CH2]CCC.O=C([O-])CC(=O)[O-]. The number of carboxylic acid groups (broad SMARTS) is 2. The van der Waals surface area contributed by atoms with Crippen LogP contribution in [0.5, 0.6) is 0 Å². The van der Waals surface area contributed by atoms with E-state index in [1.165, 1.54) is 25.7 Å². The van der Waals surface area contributed by atoms with Gasteiger partial charge in [-0.25, -0.2) is 0 Å². The van der Waals surface area contributed by atoms with Crippen molar-refractivity contribution in [1.82, 2.24) is 0 Å². The van der Waals surface area contributed by atoms with E-state index >= 15 is 0 Å². The second-order valence-corrected chi connectivity index (χ2v) is 7.66. The third-order valence-corrected chi connectivity index (χ3v) is 5.74. The molecule has 0 saturated carbocycles. The smallest absolute Gasteiger partial charge is 0.0470 e. The predicted octanol–water partition coefficient (Wildman–Crippen LogP) is 0.00370. The van der Waals surface area contributed by atoms with Crippen molar-refractivity contribution in [3.05, 3.63) is 0 Å². The zero-order valence-corrected chi connectivity index (χ0v) is 12.9. The summed E-state index contributed by atoms with van der Waals surface area (Å²) >= 11 is 0.149. The quantitative estimate of drug-likeness (QED) is 0.355. The van der Waals surface area contributed by atoms with Gasteiger partial charge in [-0.1, -0.05) is 0 Å². The Labute approximate surface area is 108 Å². The molecule has 92 valence electrons. The number of aliphatic carboxylic acids is 2. The molecule has 0 spiro atoms. The van der Waals surface area contributed by atoms with Gasteiger partial charge in [0.2, 0.25) is 0 Å². The minimum Gasteiger partial charge on any atom is -0.550 e. The third-order valence-electron chi connectivity index (χ3n) is 1.70. The first-order chi connectivity index (χ1) is 7.54. The molecule has 0 aromatic heterocycles. The molecule has 0 aliphatic rings. The van der Waals surface area contributed by atoms with Crippen molar-refractivity contribution in [3.8, 4) is 0 Å². The summed E-state index contributed by atoms with van der Waals surface area (Å²) in [6, 6.07) is 0. The van der Waals surface area contributed by atoms with Gasteiger partial charge in [-0.05, 0) is 0 Å². The van der Waals surface area contributed by atoms with Crippen LogP contribution in [0.2, 0.25) is 8.87 Å². The number of hydrogen-bond acceptors (Lipinski definition) is 4. The average molecular weight is 335 g/mol. The van der Waals surface area contributed by atoms with E-state index in [0.29, 0.717) is 0 Å². The summed E-state index contributed by atoms with van der Waals surface area (Å²) in [6.45, 7) is 4.58. The Kier molecular flexibility index (Phi) is 16.7. The zero-order chi connectivity index (χ0) is 12.8. The van der Waals surface area contributed by atoms with Gasteiger partial charge in [0.15, 0.2) is 0 Å². The summed E-state index contributed by atoms with van der Waals surface area (Å²) in [5, 5.41) is 18.6. The maximum absolute atomic E-state index is 9.28. The van der Waals surface area contributed by atoms with Crippen molar-refractivity contribution >= 4 is 33.1 Å². The van der Waals surface area contributed by atoms with Gasteiger partial charge in [0, 0.05) is 18.4 Å². The van der Waals surface area contributed by atoms with Crippen LogP contribution in [0.4, 0.5) is 0 Å². The molecule has 0 heterocycles. The molecule has 0 saturated heterocycles. The molecule has 0 unspecified atom stereocenters. The van der Waals surface area contributed by atoms with E-state index < -0.39 is 18.4 Å². The molecule has 0 amide bonds. The molecule has 0 N–H and O–H groups in total. The largest absolute Gasteiger partial charge is 0.550 e. The van der Waals surface area contributed by atoms with Crippen molar-refractivity contribution in [2.24, 2.45) is 0 Å². The molecule has 0 rings (SSSR count). The maximum atomic E-state index is 9.28. The fourth-order valence-electron chi connectivity index (χ4n) is 0.846. The minimum atomic E-state index is -1.63. The van der Waals surface area contributed by atoms with Crippen LogP contribution >= 0.6 is 0 Å². The normalized spacial score (nSPS) is 8.62. The Balaban J connectivity index is 0. The van der Waals surface area contributed by atoms with Crippen molar-refractivity contribution in [2.45, 2.75) is 54.8 Å². The summed E-state index contributed by atoms with van der Waals surface area (Å²) < 4.78 is 3.25. The van der Waals surface area contributed by atoms with Crippen LogP contribution in [0.15, 0.2) is 0 Å². The first kappa shape index (κ1) is 18.1. The molecule has 0 bridgehead atoms. The molecule has 4 nitrogen and oxygen atoms in total. The number of carbonyl (C=O) groups excluding carboxylic acids is 2. The van der Waals surface area contributed by atoms with E-state index in [-0.39, 0.29) is 21.1 Å². The Bertz CT molecular complexity index is 165. The molecular weight excluding hydrogens is 315 g/mol. The Morgan fingerprint density at radius 3 is 1.50 bits per heavy atom. The van der Waals surface area contributed by atoms with Gasteiger partial charge in [0.1, 0.15) is 0 Å². The van der Waals surface area contributed by atoms with E-state index in [0.717, 1.165) is 0 Å². The van der Waals surface area contributed by atoms with E-state index in [1.54, 1.807) is 8.87 Å². The summed E-state index contributed by atoms with van der Waals surface area (Å²) in [5.74, 6) is -3.25. The van der Waals surface area contributed by atoms with Gasteiger partial charge in [-0.15, -0.1) is 0 Å². The molecule has 16 heavy (non-hydrogen) atoms. The second kappa shape index (κ2) is 14.7. The Morgan fingerprint density at radius 2 is 1.31 bits per heavy atom. The van der Waals surface area contributed by atoms with Crippen LogP contribution in [0.3, 0.4) is 0 Å². The molecule has 0 atom stereocenters. The average Bonchev–Trinajstić information content (AvgIpc) is 2.16. The standard InChI is InChI=1S/2C4H9.C3H4O4.Sn/c2*1-3-4-2;4-2(5)1-3(6)7;/h2*1,3-4H2,2H3;1H2,(H,4,5)(H,6,7);/q;;;+2/p-2. The summed E-state index contributed by atoms with van der Waals surface area (Å²) in [5.41, 5.74) is 0. The van der Waals surface area contributed by atoms with Gasteiger partial charge in [-0.2, -0.15) is 0 Å². The Hall–Kier alpha value is -0.261. The van der Waals surface area contributed by atoms with Crippen molar-refractivity contribution in [2.75, 3.05) is 0 Å². The number of unbranched alkanes of at least 4 members (excludes halogenated alkanes) is 2. The van der Waals surface area contributed by atoms with Crippen LogP contribution in [-0.4, -0.2) is 33.1 Å². The monoisotopic (exact) mass is 336 g/mol.